The van der Waals surface area contributed by atoms with Crippen molar-refractivity contribution < 1.29 is 14.0 Å². The van der Waals surface area contributed by atoms with E-state index in [2.05, 4.69) is 10.2 Å². The molecule has 1 N–H and O–H groups in total. The number of nitrogens with one attached hydrogen (secondary N) is 1. The summed E-state index contributed by atoms with van der Waals surface area (Å²) >= 11 is 0. The largest absolute Gasteiger partial charge is 0.367 e. The van der Waals surface area contributed by atoms with Crippen molar-refractivity contribution in [2.24, 2.45) is 0 Å². The summed E-state index contributed by atoms with van der Waals surface area (Å²) in [5.41, 5.74) is 3.16. The zero-order chi connectivity index (χ0) is 20.1. The molecular formula is C22H26FN3O2. The SMILES string of the molecule is CC(=O)c1ccc(N2CCN(CC(=O)NCc3ccc(C)cc3)CC2)c(F)c1. The van der Waals surface area contributed by atoms with Gasteiger partial charge in [-0.25, -0.2) is 4.39 Å². The molecule has 5 nitrogen and oxygen atoms in total. The number of ketones is 1. The van der Waals surface area contributed by atoms with E-state index >= 15 is 0 Å². The Morgan fingerprint density at radius 2 is 1.71 bits per heavy atom. The molecule has 1 amide bonds. The lowest BCUT2D eigenvalue weighted by atomic mass is 10.1. The summed E-state index contributed by atoms with van der Waals surface area (Å²) in [6.45, 7) is 6.97. The second-order valence-electron chi connectivity index (χ2n) is 7.25. The second kappa shape index (κ2) is 8.97. The molecule has 0 unspecified atom stereocenters. The van der Waals surface area contributed by atoms with Gasteiger partial charge in [0.2, 0.25) is 5.91 Å². The molecule has 1 aliphatic heterocycles. The highest BCUT2D eigenvalue weighted by Gasteiger charge is 2.21. The van der Waals surface area contributed by atoms with E-state index in [4.69, 9.17) is 0 Å². The Morgan fingerprint density at radius 3 is 2.32 bits per heavy atom. The minimum Gasteiger partial charge on any atom is -0.367 e. The summed E-state index contributed by atoms with van der Waals surface area (Å²) in [7, 11) is 0. The molecule has 0 spiro atoms. The zero-order valence-electron chi connectivity index (χ0n) is 16.4. The van der Waals surface area contributed by atoms with Gasteiger partial charge in [0.25, 0.3) is 0 Å². The summed E-state index contributed by atoms with van der Waals surface area (Å²) in [6.07, 6.45) is 0. The van der Waals surface area contributed by atoms with Gasteiger partial charge in [0.05, 0.1) is 12.2 Å². The van der Waals surface area contributed by atoms with Gasteiger partial charge in [0.1, 0.15) is 5.82 Å². The number of carbonyl (C=O) groups is 2. The number of hydrogen-bond acceptors (Lipinski definition) is 4. The Bertz CT molecular complexity index is 843. The van der Waals surface area contributed by atoms with E-state index in [1.54, 1.807) is 12.1 Å². The normalized spacial score (nSPS) is 14.8. The number of nitrogens with zero attached hydrogens (tertiary/aromatic N) is 2. The van der Waals surface area contributed by atoms with Crippen LogP contribution >= 0.6 is 0 Å². The van der Waals surface area contributed by atoms with Crippen molar-refractivity contribution in [1.29, 1.82) is 0 Å². The van der Waals surface area contributed by atoms with Crippen LogP contribution in [-0.4, -0.2) is 49.3 Å². The highest BCUT2D eigenvalue weighted by atomic mass is 19.1. The van der Waals surface area contributed by atoms with E-state index in [0.29, 0.717) is 50.5 Å². The van der Waals surface area contributed by atoms with Crippen LogP contribution in [-0.2, 0) is 11.3 Å². The van der Waals surface area contributed by atoms with Gasteiger partial charge >= 0.3 is 0 Å². The lowest BCUT2D eigenvalue weighted by Crippen LogP contribution is -2.49. The Labute approximate surface area is 165 Å². The van der Waals surface area contributed by atoms with Crippen molar-refractivity contribution in [2.75, 3.05) is 37.6 Å². The fraction of sp³-hybridized carbons (Fsp3) is 0.364. The molecule has 1 heterocycles. The third-order valence-electron chi connectivity index (χ3n) is 5.04. The maximum Gasteiger partial charge on any atom is 0.234 e. The highest BCUT2D eigenvalue weighted by Crippen LogP contribution is 2.22. The first-order chi connectivity index (χ1) is 13.4. The molecule has 2 aromatic carbocycles. The smallest absolute Gasteiger partial charge is 0.234 e. The summed E-state index contributed by atoms with van der Waals surface area (Å²) in [4.78, 5) is 27.6. The van der Waals surface area contributed by atoms with E-state index in [1.165, 1.54) is 18.6 Å². The first-order valence-corrected chi connectivity index (χ1v) is 9.52. The van der Waals surface area contributed by atoms with E-state index < -0.39 is 0 Å². The number of Topliss-reactive ketones (excluding diaryl/α,β-unsaturated/α-hetero) is 1. The molecule has 0 aromatic heterocycles. The number of rotatable bonds is 6. The molecule has 1 aliphatic rings. The monoisotopic (exact) mass is 383 g/mol. The topological polar surface area (TPSA) is 52.7 Å². The number of benzene rings is 2. The highest BCUT2D eigenvalue weighted by molar-refractivity contribution is 5.94. The first kappa shape index (κ1) is 20.0. The number of halogens is 1. The van der Waals surface area contributed by atoms with Crippen molar-refractivity contribution in [3.8, 4) is 0 Å². The maximum atomic E-state index is 14.3. The third kappa shape index (κ3) is 5.16. The van der Waals surface area contributed by atoms with E-state index in [-0.39, 0.29) is 17.5 Å². The molecule has 0 aliphatic carbocycles. The third-order valence-corrected chi connectivity index (χ3v) is 5.04. The maximum absolute atomic E-state index is 14.3. The van der Waals surface area contributed by atoms with Crippen LogP contribution in [0.3, 0.4) is 0 Å². The second-order valence-corrected chi connectivity index (χ2v) is 7.25. The predicted octanol–water partition coefficient (Wildman–Crippen LogP) is 2.78. The predicted molar refractivity (Wildman–Crippen MR) is 108 cm³/mol. The van der Waals surface area contributed by atoms with Crippen molar-refractivity contribution in [3.63, 3.8) is 0 Å². The number of amides is 1. The molecule has 0 radical (unpaired) electrons. The van der Waals surface area contributed by atoms with Gasteiger partial charge in [-0.1, -0.05) is 29.8 Å². The molecule has 0 atom stereocenters. The van der Waals surface area contributed by atoms with Crippen LogP contribution in [0.2, 0.25) is 0 Å². The lowest BCUT2D eigenvalue weighted by Gasteiger charge is -2.35. The summed E-state index contributed by atoms with van der Waals surface area (Å²) in [6, 6.07) is 12.7. The molecule has 28 heavy (non-hydrogen) atoms. The fourth-order valence-corrected chi connectivity index (χ4v) is 3.29. The van der Waals surface area contributed by atoms with E-state index in [1.807, 2.05) is 36.1 Å². The van der Waals surface area contributed by atoms with Crippen LogP contribution < -0.4 is 10.2 Å². The van der Waals surface area contributed by atoms with Gasteiger partial charge in [0, 0.05) is 38.3 Å². The van der Waals surface area contributed by atoms with Gasteiger partial charge in [-0.3, -0.25) is 14.5 Å². The molecule has 6 heteroatoms. The summed E-state index contributed by atoms with van der Waals surface area (Å²) in [5, 5.41) is 2.95. The van der Waals surface area contributed by atoms with Crippen molar-refractivity contribution in [2.45, 2.75) is 20.4 Å². The van der Waals surface area contributed by atoms with Crippen LogP contribution in [0, 0.1) is 12.7 Å². The number of anilines is 1. The molecule has 1 saturated heterocycles. The quantitative estimate of drug-likeness (QED) is 0.780. The molecule has 0 saturated carbocycles. The van der Waals surface area contributed by atoms with Gasteiger partial charge in [0.15, 0.2) is 5.78 Å². The number of aryl methyl sites for hydroxylation is 1. The van der Waals surface area contributed by atoms with Crippen LogP contribution in [0.5, 0.6) is 0 Å². The van der Waals surface area contributed by atoms with Crippen molar-refractivity contribution in [3.05, 3.63) is 65.0 Å². The summed E-state index contributed by atoms with van der Waals surface area (Å²) < 4.78 is 14.3. The average molecular weight is 383 g/mol. The number of carbonyl (C=O) groups excluding carboxylic acids is 2. The number of hydrogen-bond donors (Lipinski definition) is 1. The molecule has 3 rings (SSSR count). The van der Waals surface area contributed by atoms with Crippen molar-refractivity contribution >= 4 is 17.4 Å². The standard InChI is InChI=1S/C22H26FN3O2/c1-16-3-5-18(6-4-16)14-24-22(28)15-25-9-11-26(12-10-25)21-8-7-19(17(2)27)13-20(21)23/h3-8,13H,9-12,14-15H2,1-2H3,(H,24,28). The van der Waals surface area contributed by atoms with E-state index in [0.717, 1.165) is 5.56 Å². The average Bonchev–Trinajstić information content (AvgIpc) is 2.68. The van der Waals surface area contributed by atoms with Crippen LogP contribution in [0.15, 0.2) is 42.5 Å². The number of piperazine rings is 1. The Balaban J connectivity index is 1.46. The first-order valence-electron chi connectivity index (χ1n) is 9.52. The van der Waals surface area contributed by atoms with Gasteiger partial charge in [-0.15, -0.1) is 0 Å². The Hall–Kier alpha value is -2.73. The Morgan fingerprint density at radius 1 is 1.04 bits per heavy atom. The Kier molecular flexibility index (Phi) is 6.41. The van der Waals surface area contributed by atoms with Gasteiger partial charge in [-0.2, -0.15) is 0 Å². The van der Waals surface area contributed by atoms with Crippen LogP contribution in [0.1, 0.15) is 28.4 Å². The molecule has 0 bridgehead atoms. The molecule has 148 valence electrons. The summed E-state index contributed by atoms with van der Waals surface area (Å²) in [5.74, 6) is -0.532. The molecule has 1 fully saturated rings. The van der Waals surface area contributed by atoms with Crippen LogP contribution in [0.25, 0.3) is 0 Å². The lowest BCUT2D eigenvalue weighted by molar-refractivity contribution is -0.122. The zero-order valence-corrected chi connectivity index (χ0v) is 16.4. The molecule has 2 aromatic rings. The van der Waals surface area contributed by atoms with Crippen molar-refractivity contribution in [1.82, 2.24) is 10.2 Å². The van der Waals surface area contributed by atoms with Crippen LogP contribution in [0.4, 0.5) is 10.1 Å². The van der Waals surface area contributed by atoms with E-state index in [9.17, 15) is 14.0 Å². The minimum atomic E-state index is -0.378. The minimum absolute atomic E-state index is 0.00832. The van der Waals surface area contributed by atoms with Gasteiger partial charge < -0.3 is 10.2 Å². The van der Waals surface area contributed by atoms with Gasteiger partial charge in [-0.05, 0) is 37.6 Å². The molecular weight excluding hydrogens is 357 g/mol. The fourth-order valence-electron chi connectivity index (χ4n) is 3.29.